The zero-order valence-electron chi connectivity index (χ0n) is 10.9. The summed E-state index contributed by atoms with van der Waals surface area (Å²) in [5, 5.41) is 12.7. The SMILES string of the molecule is COC(C)(C)CCNC(CO)c1ccccc1. The topological polar surface area (TPSA) is 41.5 Å². The van der Waals surface area contributed by atoms with Gasteiger partial charge in [0.2, 0.25) is 0 Å². The minimum atomic E-state index is -0.121. The first-order valence-electron chi connectivity index (χ1n) is 6.03. The molecule has 3 nitrogen and oxygen atoms in total. The largest absolute Gasteiger partial charge is 0.394 e. The minimum Gasteiger partial charge on any atom is -0.394 e. The second-order valence-corrected chi connectivity index (χ2v) is 4.81. The van der Waals surface area contributed by atoms with Crippen molar-refractivity contribution in [1.82, 2.24) is 5.32 Å². The van der Waals surface area contributed by atoms with Crippen molar-refractivity contribution in [3.63, 3.8) is 0 Å². The number of nitrogens with one attached hydrogen (secondary N) is 1. The van der Waals surface area contributed by atoms with Crippen LogP contribution in [0, 0.1) is 0 Å². The Morgan fingerprint density at radius 1 is 1.29 bits per heavy atom. The van der Waals surface area contributed by atoms with Crippen LogP contribution in [0.4, 0.5) is 0 Å². The van der Waals surface area contributed by atoms with E-state index in [0.29, 0.717) is 0 Å². The molecular weight excluding hydrogens is 214 g/mol. The van der Waals surface area contributed by atoms with Gasteiger partial charge in [-0.2, -0.15) is 0 Å². The molecule has 0 fully saturated rings. The molecule has 1 aromatic carbocycles. The summed E-state index contributed by atoms with van der Waals surface area (Å²) in [7, 11) is 1.72. The molecule has 17 heavy (non-hydrogen) atoms. The summed E-state index contributed by atoms with van der Waals surface area (Å²) in [6.45, 7) is 5.05. The molecular formula is C14H23NO2. The Bertz CT molecular complexity index is 311. The van der Waals surface area contributed by atoms with E-state index in [4.69, 9.17) is 4.74 Å². The van der Waals surface area contributed by atoms with Crippen molar-refractivity contribution in [2.75, 3.05) is 20.3 Å². The summed E-state index contributed by atoms with van der Waals surface area (Å²) in [4.78, 5) is 0. The molecule has 1 rings (SSSR count). The van der Waals surface area contributed by atoms with Crippen LogP contribution in [0.3, 0.4) is 0 Å². The van der Waals surface area contributed by atoms with Crippen molar-refractivity contribution in [3.8, 4) is 0 Å². The van der Waals surface area contributed by atoms with Crippen LogP contribution in [-0.2, 0) is 4.74 Å². The average Bonchev–Trinajstić information content (AvgIpc) is 2.36. The van der Waals surface area contributed by atoms with Crippen LogP contribution in [0.5, 0.6) is 0 Å². The lowest BCUT2D eigenvalue weighted by molar-refractivity contribution is 0.0149. The first-order valence-corrected chi connectivity index (χ1v) is 6.03. The molecule has 1 aromatic rings. The number of methoxy groups -OCH3 is 1. The Balaban J connectivity index is 2.44. The van der Waals surface area contributed by atoms with E-state index in [-0.39, 0.29) is 18.2 Å². The third kappa shape index (κ3) is 4.86. The number of aliphatic hydroxyl groups is 1. The van der Waals surface area contributed by atoms with Crippen molar-refractivity contribution in [1.29, 1.82) is 0 Å². The van der Waals surface area contributed by atoms with Gasteiger partial charge in [0.15, 0.2) is 0 Å². The fraction of sp³-hybridized carbons (Fsp3) is 0.571. The smallest absolute Gasteiger partial charge is 0.0634 e. The molecule has 0 bridgehead atoms. The van der Waals surface area contributed by atoms with Gasteiger partial charge in [0.05, 0.1) is 18.2 Å². The van der Waals surface area contributed by atoms with E-state index in [1.54, 1.807) is 7.11 Å². The maximum Gasteiger partial charge on any atom is 0.0634 e. The molecule has 0 aliphatic carbocycles. The first-order chi connectivity index (χ1) is 8.09. The molecule has 0 spiro atoms. The normalized spacial score (nSPS) is 13.6. The van der Waals surface area contributed by atoms with Crippen molar-refractivity contribution < 1.29 is 9.84 Å². The van der Waals surface area contributed by atoms with Gasteiger partial charge in [-0.1, -0.05) is 30.3 Å². The Kier molecular flexibility index (Phi) is 5.62. The second-order valence-electron chi connectivity index (χ2n) is 4.81. The Labute approximate surface area is 104 Å². The zero-order valence-corrected chi connectivity index (χ0v) is 10.9. The molecule has 1 unspecified atom stereocenters. The van der Waals surface area contributed by atoms with Crippen LogP contribution >= 0.6 is 0 Å². The predicted octanol–water partition coefficient (Wildman–Crippen LogP) is 2.12. The maximum absolute atomic E-state index is 9.37. The van der Waals surface area contributed by atoms with Gasteiger partial charge >= 0.3 is 0 Å². The molecule has 0 saturated carbocycles. The molecule has 0 heterocycles. The number of hydrogen-bond acceptors (Lipinski definition) is 3. The number of hydrogen-bond donors (Lipinski definition) is 2. The van der Waals surface area contributed by atoms with Crippen LogP contribution in [0.15, 0.2) is 30.3 Å². The van der Waals surface area contributed by atoms with E-state index in [1.807, 2.05) is 30.3 Å². The van der Waals surface area contributed by atoms with E-state index in [0.717, 1.165) is 18.5 Å². The molecule has 3 heteroatoms. The van der Waals surface area contributed by atoms with Gasteiger partial charge in [-0.15, -0.1) is 0 Å². The van der Waals surface area contributed by atoms with Crippen LogP contribution < -0.4 is 5.32 Å². The summed E-state index contributed by atoms with van der Waals surface area (Å²) in [5.74, 6) is 0. The fourth-order valence-corrected chi connectivity index (χ4v) is 1.62. The van der Waals surface area contributed by atoms with Crippen LogP contribution in [0.25, 0.3) is 0 Å². The van der Waals surface area contributed by atoms with Crippen LogP contribution in [-0.4, -0.2) is 31.0 Å². The molecule has 2 N–H and O–H groups in total. The number of benzene rings is 1. The van der Waals surface area contributed by atoms with Gasteiger partial charge in [0.25, 0.3) is 0 Å². The van der Waals surface area contributed by atoms with Gasteiger partial charge in [-0.3, -0.25) is 0 Å². The maximum atomic E-state index is 9.37. The van der Waals surface area contributed by atoms with Crippen molar-refractivity contribution >= 4 is 0 Å². The summed E-state index contributed by atoms with van der Waals surface area (Å²) < 4.78 is 5.36. The predicted molar refractivity (Wildman–Crippen MR) is 70.0 cm³/mol. The first kappa shape index (κ1) is 14.2. The molecule has 0 aromatic heterocycles. The highest BCUT2D eigenvalue weighted by Crippen LogP contribution is 2.15. The Hall–Kier alpha value is -0.900. The van der Waals surface area contributed by atoms with E-state index in [2.05, 4.69) is 19.2 Å². The summed E-state index contributed by atoms with van der Waals surface area (Å²) in [5.41, 5.74) is 0.995. The number of rotatable bonds is 7. The molecule has 1 atom stereocenters. The lowest BCUT2D eigenvalue weighted by Crippen LogP contribution is -2.32. The van der Waals surface area contributed by atoms with E-state index < -0.39 is 0 Å². The van der Waals surface area contributed by atoms with Gasteiger partial charge < -0.3 is 15.2 Å². The minimum absolute atomic E-state index is 0.00357. The molecule has 0 saturated heterocycles. The lowest BCUT2D eigenvalue weighted by atomic mass is 10.0. The fourth-order valence-electron chi connectivity index (χ4n) is 1.62. The van der Waals surface area contributed by atoms with Crippen molar-refractivity contribution in [2.45, 2.75) is 31.9 Å². The van der Waals surface area contributed by atoms with Gasteiger partial charge in [-0.25, -0.2) is 0 Å². The standard InChI is InChI=1S/C14H23NO2/c1-14(2,17-3)9-10-15-13(11-16)12-7-5-4-6-8-12/h4-8,13,15-16H,9-11H2,1-3H3. The van der Waals surface area contributed by atoms with E-state index in [1.165, 1.54) is 0 Å². The van der Waals surface area contributed by atoms with Gasteiger partial charge in [0.1, 0.15) is 0 Å². The highest BCUT2D eigenvalue weighted by molar-refractivity contribution is 5.18. The Morgan fingerprint density at radius 2 is 1.94 bits per heavy atom. The lowest BCUT2D eigenvalue weighted by Gasteiger charge is -2.24. The zero-order chi connectivity index (χ0) is 12.7. The highest BCUT2D eigenvalue weighted by atomic mass is 16.5. The van der Waals surface area contributed by atoms with Gasteiger partial charge in [-0.05, 0) is 32.4 Å². The molecule has 0 aliphatic heterocycles. The molecule has 0 amide bonds. The van der Waals surface area contributed by atoms with Crippen LogP contribution in [0.1, 0.15) is 31.9 Å². The summed E-state index contributed by atoms with van der Waals surface area (Å²) in [6, 6.07) is 10.00. The molecule has 0 radical (unpaired) electrons. The van der Waals surface area contributed by atoms with E-state index in [9.17, 15) is 5.11 Å². The monoisotopic (exact) mass is 237 g/mol. The third-order valence-electron chi connectivity index (χ3n) is 3.05. The van der Waals surface area contributed by atoms with Crippen molar-refractivity contribution in [2.24, 2.45) is 0 Å². The van der Waals surface area contributed by atoms with Crippen molar-refractivity contribution in [3.05, 3.63) is 35.9 Å². The summed E-state index contributed by atoms with van der Waals surface area (Å²) >= 11 is 0. The highest BCUT2D eigenvalue weighted by Gasteiger charge is 2.17. The molecule has 96 valence electrons. The third-order valence-corrected chi connectivity index (χ3v) is 3.05. The number of aliphatic hydroxyl groups excluding tert-OH is 1. The average molecular weight is 237 g/mol. The van der Waals surface area contributed by atoms with Gasteiger partial charge in [0, 0.05) is 7.11 Å². The second kappa shape index (κ2) is 6.74. The Morgan fingerprint density at radius 3 is 2.47 bits per heavy atom. The van der Waals surface area contributed by atoms with E-state index >= 15 is 0 Å². The quantitative estimate of drug-likeness (QED) is 0.763. The summed E-state index contributed by atoms with van der Waals surface area (Å²) in [6.07, 6.45) is 0.910. The number of ether oxygens (including phenoxy) is 1. The molecule has 0 aliphatic rings. The van der Waals surface area contributed by atoms with Crippen LogP contribution in [0.2, 0.25) is 0 Å².